The second-order valence-electron chi connectivity index (χ2n) is 5.22. The summed E-state index contributed by atoms with van der Waals surface area (Å²) in [5.74, 6) is -0.135. The normalized spacial score (nSPS) is 11.4. The lowest BCUT2D eigenvalue weighted by Gasteiger charge is -2.11. The molecule has 0 amide bonds. The number of aryl methyl sites for hydroxylation is 1. The lowest BCUT2D eigenvalue weighted by molar-refractivity contribution is 0.597. The molecule has 3 N–H and O–H groups in total. The van der Waals surface area contributed by atoms with Crippen molar-refractivity contribution in [3.8, 4) is 0 Å². The van der Waals surface area contributed by atoms with Crippen LogP contribution in [0.2, 0.25) is 0 Å². The van der Waals surface area contributed by atoms with Gasteiger partial charge < -0.3 is 5.32 Å². The molecular weight excluding hydrogens is 284 g/mol. The number of rotatable bonds is 5. The molecule has 0 aliphatic rings. The summed E-state index contributed by atoms with van der Waals surface area (Å²) in [6, 6.07) is 13.5. The van der Waals surface area contributed by atoms with Crippen LogP contribution >= 0.6 is 0 Å². The molecule has 0 unspecified atom stereocenters. The van der Waals surface area contributed by atoms with Crippen molar-refractivity contribution in [3.05, 3.63) is 64.7 Å². The van der Waals surface area contributed by atoms with E-state index in [0.29, 0.717) is 5.56 Å². The number of primary sulfonamides is 1. The van der Waals surface area contributed by atoms with Gasteiger partial charge >= 0.3 is 0 Å². The maximum atomic E-state index is 11.0. The SMILES string of the molecule is Cc1cccc(CNc2ccc(CS(N)(=O)=O)cc2)c1C. The van der Waals surface area contributed by atoms with Crippen molar-refractivity contribution in [2.75, 3.05) is 5.32 Å². The minimum atomic E-state index is -3.48. The largest absolute Gasteiger partial charge is 0.381 e. The first kappa shape index (κ1) is 15.5. The number of hydrogen-bond acceptors (Lipinski definition) is 3. The van der Waals surface area contributed by atoms with E-state index in [0.717, 1.165) is 12.2 Å². The smallest absolute Gasteiger partial charge is 0.213 e. The zero-order valence-electron chi connectivity index (χ0n) is 12.3. The van der Waals surface area contributed by atoms with Crippen molar-refractivity contribution in [2.45, 2.75) is 26.1 Å². The Morgan fingerprint density at radius 3 is 2.33 bits per heavy atom. The summed E-state index contributed by atoms with van der Waals surface area (Å²) in [6.45, 7) is 4.95. The van der Waals surface area contributed by atoms with E-state index in [4.69, 9.17) is 5.14 Å². The minimum absolute atomic E-state index is 0.135. The predicted molar refractivity (Wildman–Crippen MR) is 86.5 cm³/mol. The first-order chi connectivity index (χ1) is 9.85. The summed E-state index contributed by atoms with van der Waals surface area (Å²) in [7, 11) is -3.48. The van der Waals surface area contributed by atoms with E-state index < -0.39 is 10.0 Å². The molecule has 0 spiro atoms. The third-order valence-electron chi connectivity index (χ3n) is 3.52. The number of sulfonamides is 1. The summed E-state index contributed by atoms with van der Waals surface area (Å²) in [5, 5.41) is 8.37. The maximum Gasteiger partial charge on any atom is 0.213 e. The Labute approximate surface area is 126 Å². The summed E-state index contributed by atoms with van der Waals surface area (Å²) >= 11 is 0. The monoisotopic (exact) mass is 304 g/mol. The molecule has 2 aromatic carbocycles. The Hall–Kier alpha value is -1.85. The highest BCUT2D eigenvalue weighted by Gasteiger charge is 2.05. The van der Waals surface area contributed by atoms with Gasteiger partial charge in [-0.15, -0.1) is 0 Å². The second kappa shape index (κ2) is 6.28. The van der Waals surface area contributed by atoms with Crippen LogP contribution in [0.3, 0.4) is 0 Å². The molecule has 5 heteroatoms. The third kappa shape index (κ3) is 4.58. The standard InChI is InChI=1S/C16H20N2O2S/c1-12-4-3-5-15(13(12)2)10-18-16-8-6-14(7-9-16)11-21(17,19)20/h3-9,18H,10-11H2,1-2H3,(H2,17,19,20). The predicted octanol–water partition coefficient (Wildman–Crippen LogP) is 2.70. The lowest BCUT2D eigenvalue weighted by atomic mass is 10.0. The van der Waals surface area contributed by atoms with Crippen LogP contribution in [-0.2, 0) is 22.3 Å². The van der Waals surface area contributed by atoms with Gasteiger partial charge in [-0.25, -0.2) is 13.6 Å². The van der Waals surface area contributed by atoms with Gasteiger partial charge in [0.2, 0.25) is 10.0 Å². The molecule has 0 aliphatic heterocycles. The van der Waals surface area contributed by atoms with Gasteiger partial charge in [-0.1, -0.05) is 30.3 Å². The van der Waals surface area contributed by atoms with Gasteiger partial charge in [-0.05, 0) is 48.2 Å². The maximum absolute atomic E-state index is 11.0. The van der Waals surface area contributed by atoms with E-state index in [-0.39, 0.29) is 5.75 Å². The molecule has 112 valence electrons. The summed E-state index contributed by atoms with van der Waals surface area (Å²) in [6.07, 6.45) is 0. The van der Waals surface area contributed by atoms with Crippen molar-refractivity contribution >= 4 is 15.7 Å². The van der Waals surface area contributed by atoms with E-state index in [1.807, 2.05) is 12.1 Å². The minimum Gasteiger partial charge on any atom is -0.381 e. The third-order valence-corrected chi connectivity index (χ3v) is 4.26. The molecule has 0 saturated carbocycles. The molecule has 0 radical (unpaired) electrons. The Morgan fingerprint density at radius 2 is 1.71 bits per heavy atom. The van der Waals surface area contributed by atoms with Crippen LogP contribution in [-0.4, -0.2) is 8.42 Å². The number of anilines is 1. The molecule has 0 fully saturated rings. The van der Waals surface area contributed by atoms with Crippen LogP contribution < -0.4 is 10.5 Å². The van der Waals surface area contributed by atoms with Crippen molar-refractivity contribution in [3.63, 3.8) is 0 Å². The average molecular weight is 304 g/mol. The van der Waals surface area contributed by atoms with Gasteiger partial charge in [0.15, 0.2) is 0 Å². The molecule has 2 aromatic rings. The summed E-state index contributed by atoms with van der Waals surface area (Å²) in [5.41, 5.74) is 5.46. The quantitative estimate of drug-likeness (QED) is 0.892. The molecule has 2 rings (SSSR count). The summed E-state index contributed by atoms with van der Waals surface area (Å²) in [4.78, 5) is 0. The highest BCUT2D eigenvalue weighted by Crippen LogP contribution is 2.16. The molecule has 0 atom stereocenters. The van der Waals surface area contributed by atoms with Crippen LogP contribution in [0.1, 0.15) is 22.3 Å². The Morgan fingerprint density at radius 1 is 1.05 bits per heavy atom. The molecule has 0 heterocycles. The fraction of sp³-hybridized carbons (Fsp3) is 0.250. The molecule has 0 aliphatic carbocycles. The second-order valence-corrected chi connectivity index (χ2v) is 6.83. The molecule has 0 saturated heterocycles. The van der Waals surface area contributed by atoms with E-state index in [9.17, 15) is 8.42 Å². The molecule has 0 bridgehead atoms. The summed E-state index contributed by atoms with van der Waals surface area (Å²) < 4.78 is 22.1. The van der Waals surface area contributed by atoms with E-state index in [2.05, 4.69) is 37.4 Å². The van der Waals surface area contributed by atoms with Crippen LogP contribution in [0.15, 0.2) is 42.5 Å². The van der Waals surface area contributed by atoms with Gasteiger partial charge in [-0.3, -0.25) is 0 Å². The van der Waals surface area contributed by atoms with Crippen LogP contribution in [0.5, 0.6) is 0 Å². The first-order valence-corrected chi connectivity index (χ1v) is 8.45. The molecule has 0 aromatic heterocycles. The Kier molecular flexibility index (Phi) is 4.65. The fourth-order valence-corrected chi connectivity index (χ4v) is 2.81. The van der Waals surface area contributed by atoms with Crippen LogP contribution in [0, 0.1) is 13.8 Å². The zero-order valence-corrected chi connectivity index (χ0v) is 13.1. The van der Waals surface area contributed by atoms with Crippen LogP contribution in [0.25, 0.3) is 0 Å². The number of nitrogens with one attached hydrogen (secondary N) is 1. The van der Waals surface area contributed by atoms with Crippen molar-refractivity contribution in [2.24, 2.45) is 5.14 Å². The highest BCUT2D eigenvalue weighted by atomic mass is 32.2. The Bertz CT molecular complexity index is 722. The van der Waals surface area contributed by atoms with Gasteiger partial charge in [0, 0.05) is 12.2 Å². The fourth-order valence-electron chi connectivity index (χ4n) is 2.15. The first-order valence-electron chi connectivity index (χ1n) is 6.73. The van der Waals surface area contributed by atoms with Crippen molar-refractivity contribution < 1.29 is 8.42 Å². The van der Waals surface area contributed by atoms with Gasteiger partial charge in [0.1, 0.15) is 0 Å². The van der Waals surface area contributed by atoms with Crippen molar-refractivity contribution in [1.29, 1.82) is 0 Å². The number of benzene rings is 2. The molecule has 21 heavy (non-hydrogen) atoms. The zero-order chi connectivity index (χ0) is 15.5. The lowest BCUT2D eigenvalue weighted by Crippen LogP contribution is -2.14. The number of hydrogen-bond donors (Lipinski definition) is 2. The van der Waals surface area contributed by atoms with Gasteiger partial charge in [-0.2, -0.15) is 0 Å². The highest BCUT2D eigenvalue weighted by molar-refractivity contribution is 7.88. The van der Waals surface area contributed by atoms with E-state index in [1.54, 1.807) is 12.1 Å². The topological polar surface area (TPSA) is 72.2 Å². The van der Waals surface area contributed by atoms with E-state index in [1.165, 1.54) is 16.7 Å². The average Bonchev–Trinajstić information content (AvgIpc) is 2.40. The van der Waals surface area contributed by atoms with Gasteiger partial charge in [0.25, 0.3) is 0 Å². The number of nitrogens with two attached hydrogens (primary N) is 1. The molecular formula is C16H20N2O2S. The van der Waals surface area contributed by atoms with Crippen molar-refractivity contribution in [1.82, 2.24) is 0 Å². The Balaban J connectivity index is 2.02. The van der Waals surface area contributed by atoms with Crippen LogP contribution in [0.4, 0.5) is 5.69 Å². The molecule has 4 nitrogen and oxygen atoms in total. The van der Waals surface area contributed by atoms with Gasteiger partial charge in [0.05, 0.1) is 5.75 Å². The van der Waals surface area contributed by atoms with E-state index >= 15 is 0 Å².